The van der Waals surface area contributed by atoms with Crippen molar-refractivity contribution in [3.8, 4) is 0 Å². The van der Waals surface area contributed by atoms with E-state index in [1.165, 1.54) is 0 Å². The number of amides is 1. The normalized spacial score (nSPS) is 11.9. The molecule has 0 saturated carbocycles. The van der Waals surface area contributed by atoms with E-state index in [9.17, 15) is 9.59 Å². The Morgan fingerprint density at radius 3 is 2.62 bits per heavy atom. The van der Waals surface area contributed by atoms with E-state index in [0.717, 1.165) is 16.5 Å². The van der Waals surface area contributed by atoms with Crippen LogP contribution in [0.25, 0.3) is 10.9 Å². The highest BCUT2D eigenvalue weighted by Gasteiger charge is 2.20. The molecule has 0 aliphatic carbocycles. The zero-order chi connectivity index (χ0) is 17.1. The molecule has 0 aliphatic heterocycles. The smallest absolute Gasteiger partial charge is 0.355 e. The summed E-state index contributed by atoms with van der Waals surface area (Å²) in [5.74, 6) is -0.928. The van der Waals surface area contributed by atoms with E-state index in [4.69, 9.17) is 4.74 Å². The highest BCUT2D eigenvalue weighted by Crippen LogP contribution is 2.16. The van der Waals surface area contributed by atoms with E-state index in [1.54, 1.807) is 19.1 Å². The minimum absolute atomic E-state index is 0.325. The summed E-state index contributed by atoms with van der Waals surface area (Å²) in [6, 6.07) is 16.7. The highest BCUT2D eigenvalue weighted by molar-refractivity contribution is 5.98. The molecule has 0 spiro atoms. The average Bonchev–Trinajstić information content (AvgIpc) is 2.99. The Hall–Kier alpha value is -3.08. The molecule has 0 aliphatic rings. The van der Waals surface area contributed by atoms with Crippen molar-refractivity contribution in [3.63, 3.8) is 0 Å². The number of rotatable bonds is 4. The Balaban J connectivity index is 1.65. The lowest BCUT2D eigenvalue weighted by Crippen LogP contribution is -2.30. The van der Waals surface area contributed by atoms with Gasteiger partial charge in [0.25, 0.3) is 5.91 Å². The Morgan fingerprint density at radius 2 is 1.88 bits per heavy atom. The largest absolute Gasteiger partial charge is 0.448 e. The first-order valence-electron chi connectivity index (χ1n) is 7.69. The molecule has 0 fully saturated rings. The van der Waals surface area contributed by atoms with Crippen LogP contribution in [-0.4, -0.2) is 23.0 Å². The zero-order valence-corrected chi connectivity index (χ0v) is 13.5. The maximum absolute atomic E-state index is 12.2. The third-order valence-corrected chi connectivity index (χ3v) is 3.69. The number of carbonyl (C=O) groups excluding carboxylic acids is 2. The molecule has 1 aromatic heterocycles. The number of aromatic nitrogens is 1. The number of nitrogens with one attached hydrogen (secondary N) is 2. The van der Waals surface area contributed by atoms with Crippen LogP contribution < -0.4 is 5.32 Å². The van der Waals surface area contributed by atoms with Gasteiger partial charge in [-0.05, 0) is 43.7 Å². The molecule has 122 valence electrons. The third-order valence-electron chi connectivity index (χ3n) is 3.69. The fourth-order valence-corrected chi connectivity index (χ4v) is 2.43. The molecular weight excluding hydrogens is 304 g/mol. The van der Waals surface area contributed by atoms with Crippen molar-refractivity contribution in [1.82, 2.24) is 4.98 Å². The summed E-state index contributed by atoms with van der Waals surface area (Å²) in [6.45, 7) is 3.49. The van der Waals surface area contributed by atoms with Crippen molar-refractivity contribution in [3.05, 3.63) is 65.9 Å². The number of H-pyrrole nitrogens is 1. The van der Waals surface area contributed by atoms with E-state index in [0.29, 0.717) is 11.4 Å². The van der Waals surface area contributed by atoms with E-state index < -0.39 is 12.1 Å². The number of fused-ring (bicyclic) bond motifs is 1. The molecule has 1 atom stereocenters. The molecule has 1 amide bonds. The fourth-order valence-electron chi connectivity index (χ4n) is 2.43. The molecule has 5 heteroatoms. The van der Waals surface area contributed by atoms with Crippen LogP contribution in [0.15, 0.2) is 54.6 Å². The Bertz CT molecular complexity index is 865. The first kappa shape index (κ1) is 15.8. The summed E-state index contributed by atoms with van der Waals surface area (Å²) in [5, 5.41) is 3.66. The van der Waals surface area contributed by atoms with Gasteiger partial charge in [-0.1, -0.05) is 30.3 Å². The van der Waals surface area contributed by atoms with Gasteiger partial charge in [0.1, 0.15) is 5.69 Å². The number of hydrogen-bond donors (Lipinski definition) is 2. The molecule has 3 rings (SSSR count). The Labute approximate surface area is 139 Å². The van der Waals surface area contributed by atoms with E-state index in [1.807, 2.05) is 49.4 Å². The number of aryl methyl sites for hydroxylation is 1. The Morgan fingerprint density at radius 1 is 1.08 bits per heavy atom. The molecule has 5 nitrogen and oxygen atoms in total. The van der Waals surface area contributed by atoms with Gasteiger partial charge in [0.05, 0.1) is 0 Å². The fraction of sp³-hybridized carbons (Fsp3) is 0.158. The molecular formula is C19H18N2O3. The number of esters is 1. The second-order valence-corrected chi connectivity index (χ2v) is 5.68. The molecule has 3 aromatic rings. The number of anilines is 1. The summed E-state index contributed by atoms with van der Waals surface area (Å²) >= 11 is 0. The summed E-state index contributed by atoms with van der Waals surface area (Å²) < 4.78 is 5.25. The van der Waals surface area contributed by atoms with Gasteiger partial charge in [0.15, 0.2) is 6.10 Å². The maximum atomic E-state index is 12.2. The van der Waals surface area contributed by atoms with Crippen molar-refractivity contribution in [2.24, 2.45) is 0 Å². The van der Waals surface area contributed by atoms with Crippen LogP contribution >= 0.6 is 0 Å². The summed E-state index contributed by atoms with van der Waals surface area (Å²) in [7, 11) is 0. The van der Waals surface area contributed by atoms with E-state index in [-0.39, 0.29) is 5.91 Å². The molecule has 24 heavy (non-hydrogen) atoms. The number of para-hydroxylation sites is 1. The lowest BCUT2D eigenvalue weighted by atomic mass is 10.2. The molecule has 0 radical (unpaired) electrons. The molecule has 1 heterocycles. The molecule has 0 saturated heterocycles. The quantitative estimate of drug-likeness (QED) is 0.720. The molecule has 2 N–H and O–H groups in total. The maximum Gasteiger partial charge on any atom is 0.355 e. The zero-order valence-electron chi connectivity index (χ0n) is 13.5. The SMILES string of the molecule is Cc1cccc(NC(=O)[C@@H](C)OC(=O)c2cc3ccccc3[nH]2)c1. The van der Waals surface area contributed by atoms with Gasteiger partial charge in [-0.15, -0.1) is 0 Å². The summed E-state index contributed by atoms with van der Waals surface area (Å²) in [4.78, 5) is 27.4. The minimum Gasteiger partial charge on any atom is -0.448 e. The average molecular weight is 322 g/mol. The Kier molecular flexibility index (Phi) is 4.33. The van der Waals surface area contributed by atoms with Gasteiger partial charge < -0.3 is 15.0 Å². The van der Waals surface area contributed by atoms with Gasteiger partial charge in [-0.2, -0.15) is 0 Å². The van der Waals surface area contributed by atoms with Crippen LogP contribution in [0.4, 0.5) is 5.69 Å². The van der Waals surface area contributed by atoms with Crippen LogP contribution in [0.3, 0.4) is 0 Å². The van der Waals surface area contributed by atoms with Gasteiger partial charge in [-0.25, -0.2) is 4.79 Å². The van der Waals surface area contributed by atoms with Crippen LogP contribution in [0, 0.1) is 6.92 Å². The molecule has 0 unspecified atom stereocenters. The number of ether oxygens (including phenoxy) is 1. The topological polar surface area (TPSA) is 71.2 Å². The van der Waals surface area contributed by atoms with Gasteiger partial charge in [-0.3, -0.25) is 4.79 Å². The van der Waals surface area contributed by atoms with E-state index in [2.05, 4.69) is 10.3 Å². The van der Waals surface area contributed by atoms with Crippen molar-refractivity contribution in [2.75, 3.05) is 5.32 Å². The second kappa shape index (κ2) is 6.58. The number of benzene rings is 2. The second-order valence-electron chi connectivity index (χ2n) is 5.68. The van der Waals surface area contributed by atoms with Crippen LogP contribution in [0.1, 0.15) is 23.0 Å². The van der Waals surface area contributed by atoms with Crippen LogP contribution in [0.5, 0.6) is 0 Å². The standard InChI is InChI=1S/C19H18N2O3/c1-12-6-5-8-15(10-12)20-18(22)13(2)24-19(23)17-11-14-7-3-4-9-16(14)21-17/h3-11,13,21H,1-2H3,(H,20,22)/t13-/m1/s1. The lowest BCUT2D eigenvalue weighted by molar-refractivity contribution is -0.123. The highest BCUT2D eigenvalue weighted by atomic mass is 16.5. The van der Waals surface area contributed by atoms with Crippen molar-refractivity contribution < 1.29 is 14.3 Å². The predicted octanol–water partition coefficient (Wildman–Crippen LogP) is 3.66. The lowest BCUT2D eigenvalue weighted by Gasteiger charge is -2.13. The van der Waals surface area contributed by atoms with Crippen molar-refractivity contribution in [1.29, 1.82) is 0 Å². The first-order chi connectivity index (χ1) is 11.5. The molecule has 0 bridgehead atoms. The number of aromatic amines is 1. The molecule has 2 aromatic carbocycles. The van der Waals surface area contributed by atoms with Gasteiger partial charge in [0.2, 0.25) is 0 Å². The summed E-state index contributed by atoms with van der Waals surface area (Å²) in [5.41, 5.74) is 2.89. The number of carbonyl (C=O) groups is 2. The third kappa shape index (κ3) is 3.46. The summed E-state index contributed by atoms with van der Waals surface area (Å²) in [6.07, 6.45) is -0.899. The van der Waals surface area contributed by atoms with Gasteiger partial charge >= 0.3 is 5.97 Å². The van der Waals surface area contributed by atoms with Crippen molar-refractivity contribution >= 4 is 28.5 Å². The predicted molar refractivity (Wildman–Crippen MR) is 93.0 cm³/mol. The van der Waals surface area contributed by atoms with Crippen LogP contribution in [0.2, 0.25) is 0 Å². The van der Waals surface area contributed by atoms with Gasteiger partial charge in [0, 0.05) is 16.6 Å². The number of hydrogen-bond acceptors (Lipinski definition) is 3. The van der Waals surface area contributed by atoms with Crippen molar-refractivity contribution in [2.45, 2.75) is 20.0 Å². The van der Waals surface area contributed by atoms with Crippen LogP contribution in [-0.2, 0) is 9.53 Å². The minimum atomic E-state index is -0.899. The first-order valence-corrected chi connectivity index (χ1v) is 7.69. The monoisotopic (exact) mass is 322 g/mol. The van der Waals surface area contributed by atoms with E-state index >= 15 is 0 Å².